The van der Waals surface area contributed by atoms with Gasteiger partial charge in [0.1, 0.15) is 0 Å². The van der Waals surface area contributed by atoms with Crippen molar-refractivity contribution in [3.05, 3.63) is 35.9 Å². The molecule has 2 fully saturated rings. The standard InChI is InChI=1S/C17H21NO3/c19-14(17(10-11-17)13-6-2-1-3-7-13)18-12-16(15(20)21)8-4-5-9-16/h1-3,6-7H,4-5,8-12H2,(H,18,19)(H,20,21). The second kappa shape index (κ2) is 5.17. The van der Waals surface area contributed by atoms with Gasteiger partial charge in [-0.1, -0.05) is 43.2 Å². The van der Waals surface area contributed by atoms with E-state index in [1.807, 2.05) is 30.3 Å². The van der Waals surface area contributed by atoms with Crippen molar-refractivity contribution < 1.29 is 14.7 Å². The van der Waals surface area contributed by atoms with E-state index in [4.69, 9.17) is 0 Å². The molecule has 21 heavy (non-hydrogen) atoms. The van der Waals surface area contributed by atoms with E-state index in [9.17, 15) is 14.7 Å². The second-order valence-electron chi connectivity index (χ2n) is 6.42. The van der Waals surface area contributed by atoms with Gasteiger partial charge >= 0.3 is 5.97 Å². The highest BCUT2D eigenvalue weighted by Gasteiger charge is 2.52. The van der Waals surface area contributed by atoms with Crippen molar-refractivity contribution in [2.75, 3.05) is 6.54 Å². The molecule has 2 aliphatic rings. The largest absolute Gasteiger partial charge is 0.481 e. The van der Waals surface area contributed by atoms with E-state index in [-0.39, 0.29) is 12.5 Å². The minimum Gasteiger partial charge on any atom is -0.481 e. The summed E-state index contributed by atoms with van der Waals surface area (Å²) in [5, 5.41) is 12.4. The Morgan fingerprint density at radius 2 is 1.67 bits per heavy atom. The van der Waals surface area contributed by atoms with Crippen molar-refractivity contribution >= 4 is 11.9 Å². The summed E-state index contributed by atoms with van der Waals surface area (Å²) in [6.45, 7) is 0.260. The highest BCUT2D eigenvalue weighted by molar-refractivity contribution is 5.91. The molecule has 2 saturated carbocycles. The molecule has 2 aliphatic carbocycles. The molecule has 0 spiro atoms. The van der Waals surface area contributed by atoms with Gasteiger partial charge in [0.05, 0.1) is 10.8 Å². The van der Waals surface area contributed by atoms with Crippen LogP contribution in [0.1, 0.15) is 44.1 Å². The molecule has 0 unspecified atom stereocenters. The third-order valence-corrected chi connectivity index (χ3v) is 5.11. The van der Waals surface area contributed by atoms with Crippen LogP contribution in [0.3, 0.4) is 0 Å². The third-order valence-electron chi connectivity index (χ3n) is 5.11. The fraction of sp³-hybridized carbons (Fsp3) is 0.529. The SMILES string of the molecule is O=C(O)C1(CNC(=O)C2(c3ccccc3)CC2)CCCC1. The van der Waals surface area contributed by atoms with E-state index in [0.717, 1.165) is 31.2 Å². The normalized spacial score (nSPS) is 21.7. The van der Waals surface area contributed by atoms with E-state index in [0.29, 0.717) is 12.8 Å². The molecule has 1 aromatic rings. The summed E-state index contributed by atoms with van der Waals surface area (Å²) in [5.41, 5.74) is -0.125. The van der Waals surface area contributed by atoms with E-state index in [2.05, 4.69) is 5.32 Å². The van der Waals surface area contributed by atoms with Gasteiger partial charge < -0.3 is 10.4 Å². The Kier molecular flexibility index (Phi) is 3.47. The lowest BCUT2D eigenvalue weighted by Gasteiger charge is -2.25. The molecule has 0 bridgehead atoms. The van der Waals surface area contributed by atoms with Gasteiger partial charge in [-0.05, 0) is 31.2 Å². The Labute approximate surface area is 124 Å². The van der Waals surface area contributed by atoms with Crippen molar-refractivity contribution in [1.29, 1.82) is 0 Å². The Morgan fingerprint density at radius 1 is 1.05 bits per heavy atom. The molecule has 0 atom stereocenters. The second-order valence-corrected chi connectivity index (χ2v) is 6.42. The lowest BCUT2D eigenvalue weighted by molar-refractivity contribution is -0.148. The fourth-order valence-electron chi connectivity index (χ4n) is 3.47. The predicted molar refractivity (Wildman–Crippen MR) is 78.9 cm³/mol. The summed E-state index contributed by atoms with van der Waals surface area (Å²) in [7, 11) is 0. The number of carboxylic acid groups (broad SMARTS) is 1. The first-order valence-electron chi connectivity index (χ1n) is 7.66. The molecule has 4 nitrogen and oxygen atoms in total. The summed E-state index contributed by atoms with van der Waals surface area (Å²) in [6, 6.07) is 9.79. The van der Waals surface area contributed by atoms with Gasteiger partial charge in [0.25, 0.3) is 0 Å². The van der Waals surface area contributed by atoms with Gasteiger partial charge in [0.15, 0.2) is 0 Å². The van der Waals surface area contributed by atoms with Crippen molar-refractivity contribution in [2.45, 2.75) is 43.9 Å². The van der Waals surface area contributed by atoms with Crippen LogP contribution in [0.4, 0.5) is 0 Å². The summed E-state index contributed by atoms with van der Waals surface area (Å²) >= 11 is 0. The number of carbonyl (C=O) groups excluding carboxylic acids is 1. The molecule has 4 heteroatoms. The maximum absolute atomic E-state index is 12.5. The molecule has 0 radical (unpaired) electrons. The van der Waals surface area contributed by atoms with Crippen molar-refractivity contribution in [3.8, 4) is 0 Å². The van der Waals surface area contributed by atoms with Crippen LogP contribution in [0.25, 0.3) is 0 Å². The maximum Gasteiger partial charge on any atom is 0.311 e. The lowest BCUT2D eigenvalue weighted by Crippen LogP contribution is -2.44. The van der Waals surface area contributed by atoms with Crippen LogP contribution in [-0.4, -0.2) is 23.5 Å². The summed E-state index contributed by atoms with van der Waals surface area (Å²) in [4.78, 5) is 24.1. The average Bonchev–Trinajstić information content (AvgIpc) is 3.17. The van der Waals surface area contributed by atoms with Gasteiger partial charge in [-0.15, -0.1) is 0 Å². The molecule has 112 valence electrons. The summed E-state index contributed by atoms with van der Waals surface area (Å²) < 4.78 is 0. The molecule has 1 aromatic carbocycles. The minimum absolute atomic E-state index is 0.0128. The van der Waals surface area contributed by atoms with Gasteiger partial charge in [-0.3, -0.25) is 9.59 Å². The van der Waals surface area contributed by atoms with Crippen molar-refractivity contribution in [3.63, 3.8) is 0 Å². The van der Waals surface area contributed by atoms with Crippen LogP contribution in [0, 0.1) is 5.41 Å². The molecule has 0 saturated heterocycles. The minimum atomic E-state index is -0.773. The van der Waals surface area contributed by atoms with Crippen molar-refractivity contribution in [2.24, 2.45) is 5.41 Å². The Balaban J connectivity index is 1.69. The first kappa shape index (κ1) is 14.1. The molecular formula is C17H21NO3. The van der Waals surface area contributed by atoms with Crippen LogP contribution in [0.15, 0.2) is 30.3 Å². The van der Waals surface area contributed by atoms with E-state index >= 15 is 0 Å². The van der Waals surface area contributed by atoms with Gasteiger partial charge in [0, 0.05) is 6.54 Å². The number of carboxylic acids is 1. The fourth-order valence-corrected chi connectivity index (χ4v) is 3.47. The molecule has 3 rings (SSSR count). The van der Waals surface area contributed by atoms with E-state index in [1.54, 1.807) is 0 Å². The number of hydrogen-bond donors (Lipinski definition) is 2. The van der Waals surface area contributed by atoms with Crippen LogP contribution in [0.2, 0.25) is 0 Å². The van der Waals surface area contributed by atoms with Crippen LogP contribution < -0.4 is 5.32 Å². The number of nitrogens with one attached hydrogen (secondary N) is 1. The highest BCUT2D eigenvalue weighted by Crippen LogP contribution is 2.48. The monoisotopic (exact) mass is 287 g/mol. The zero-order valence-electron chi connectivity index (χ0n) is 12.1. The third kappa shape index (κ3) is 2.43. The lowest BCUT2D eigenvalue weighted by atomic mass is 9.85. The number of aliphatic carboxylic acids is 1. The number of amides is 1. The van der Waals surface area contributed by atoms with Gasteiger partial charge in [-0.2, -0.15) is 0 Å². The highest BCUT2D eigenvalue weighted by atomic mass is 16.4. The van der Waals surface area contributed by atoms with Gasteiger partial charge in [-0.25, -0.2) is 0 Å². The first-order valence-corrected chi connectivity index (χ1v) is 7.66. The molecule has 0 heterocycles. The number of hydrogen-bond acceptors (Lipinski definition) is 2. The Morgan fingerprint density at radius 3 is 2.19 bits per heavy atom. The summed E-state index contributed by atoms with van der Waals surface area (Å²) in [5.74, 6) is -0.786. The zero-order chi connectivity index (χ0) is 14.9. The number of benzene rings is 1. The quantitative estimate of drug-likeness (QED) is 0.874. The van der Waals surface area contributed by atoms with Crippen LogP contribution >= 0.6 is 0 Å². The zero-order valence-corrected chi connectivity index (χ0v) is 12.1. The van der Waals surface area contributed by atoms with Crippen LogP contribution in [-0.2, 0) is 15.0 Å². The molecular weight excluding hydrogens is 266 g/mol. The van der Waals surface area contributed by atoms with E-state index < -0.39 is 16.8 Å². The molecule has 0 aromatic heterocycles. The smallest absolute Gasteiger partial charge is 0.311 e. The van der Waals surface area contributed by atoms with E-state index in [1.165, 1.54) is 0 Å². The molecule has 2 N–H and O–H groups in total. The van der Waals surface area contributed by atoms with Crippen molar-refractivity contribution in [1.82, 2.24) is 5.32 Å². The first-order chi connectivity index (χ1) is 10.1. The summed E-state index contributed by atoms with van der Waals surface area (Å²) in [6.07, 6.45) is 4.91. The predicted octanol–water partition coefficient (Wildman–Crippen LogP) is 2.48. The Bertz CT molecular complexity index is 542. The Hall–Kier alpha value is -1.84. The van der Waals surface area contributed by atoms with Crippen LogP contribution in [0.5, 0.6) is 0 Å². The molecule has 1 amide bonds. The number of carbonyl (C=O) groups is 2. The van der Waals surface area contributed by atoms with Gasteiger partial charge in [0.2, 0.25) is 5.91 Å². The number of rotatable bonds is 5. The molecule has 0 aliphatic heterocycles. The average molecular weight is 287 g/mol. The maximum atomic E-state index is 12.5. The topological polar surface area (TPSA) is 66.4 Å².